The molecule has 3 heterocycles. The summed E-state index contributed by atoms with van der Waals surface area (Å²) in [5.41, 5.74) is 0.926. The van der Waals surface area contributed by atoms with Crippen molar-refractivity contribution in [2.45, 2.75) is 31.8 Å². The van der Waals surface area contributed by atoms with Crippen molar-refractivity contribution in [2.24, 2.45) is 14.1 Å². The molecule has 1 amide bonds. The largest absolute Gasteiger partial charge is 0.497 e. The van der Waals surface area contributed by atoms with Gasteiger partial charge >= 0.3 is 5.69 Å². The third kappa shape index (κ3) is 3.30. The standard InChI is InChI=1S/C21H25N5O4/c1-23-19-18(20(28)24(2)21(23)29)25(13-22-19)12-10-17(27)26-11-4-5-16(26)14-6-8-15(30-3)9-7-14/h6-9,13,16H,4-5,10-12H2,1-3H3/t16-/m1/s1. The minimum Gasteiger partial charge on any atom is -0.497 e. The molecule has 1 aliphatic rings. The molecule has 0 bridgehead atoms. The first-order valence-electron chi connectivity index (χ1n) is 9.96. The summed E-state index contributed by atoms with van der Waals surface area (Å²) in [7, 11) is 4.65. The molecule has 2 aromatic heterocycles. The molecule has 1 fully saturated rings. The van der Waals surface area contributed by atoms with Crippen LogP contribution in [0.25, 0.3) is 11.2 Å². The van der Waals surface area contributed by atoms with Crippen molar-refractivity contribution in [1.29, 1.82) is 0 Å². The minimum atomic E-state index is -0.423. The van der Waals surface area contributed by atoms with E-state index in [1.54, 1.807) is 18.7 Å². The highest BCUT2D eigenvalue weighted by atomic mass is 16.5. The van der Waals surface area contributed by atoms with E-state index in [1.807, 2.05) is 29.2 Å². The van der Waals surface area contributed by atoms with Crippen molar-refractivity contribution >= 4 is 17.1 Å². The summed E-state index contributed by atoms with van der Waals surface area (Å²) in [6.07, 6.45) is 3.65. The van der Waals surface area contributed by atoms with E-state index < -0.39 is 11.2 Å². The first-order chi connectivity index (χ1) is 14.4. The molecule has 158 valence electrons. The van der Waals surface area contributed by atoms with Crippen LogP contribution >= 0.6 is 0 Å². The van der Waals surface area contributed by atoms with Gasteiger partial charge in [0.15, 0.2) is 11.2 Å². The molecule has 1 aromatic carbocycles. The number of aryl methyl sites for hydroxylation is 2. The number of rotatable bonds is 5. The smallest absolute Gasteiger partial charge is 0.332 e. The van der Waals surface area contributed by atoms with E-state index >= 15 is 0 Å². The van der Waals surface area contributed by atoms with Gasteiger partial charge in [0.1, 0.15) is 5.75 Å². The van der Waals surface area contributed by atoms with Gasteiger partial charge in [-0.2, -0.15) is 0 Å². The zero-order valence-corrected chi connectivity index (χ0v) is 17.4. The number of likely N-dealkylation sites (tertiary alicyclic amines) is 1. The summed E-state index contributed by atoms with van der Waals surface area (Å²) >= 11 is 0. The van der Waals surface area contributed by atoms with Crippen molar-refractivity contribution in [3.8, 4) is 5.75 Å². The first-order valence-corrected chi connectivity index (χ1v) is 9.96. The van der Waals surface area contributed by atoms with Crippen LogP contribution in [0.1, 0.15) is 30.9 Å². The number of hydrogen-bond acceptors (Lipinski definition) is 5. The molecular formula is C21H25N5O4. The van der Waals surface area contributed by atoms with Crippen molar-refractivity contribution < 1.29 is 9.53 Å². The molecule has 0 aliphatic carbocycles. The molecule has 0 radical (unpaired) electrons. The van der Waals surface area contributed by atoms with Crippen LogP contribution < -0.4 is 16.0 Å². The van der Waals surface area contributed by atoms with E-state index in [9.17, 15) is 14.4 Å². The molecule has 1 atom stereocenters. The average molecular weight is 411 g/mol. The Morgan fingerprint density at radius 3 is 2.60 bits per heavy atom. The SMILES string of the molecule is COc1ccc([C@H]2CCCN2C(=O)CCn2cnc3c2c(=O)n(C)c(=O)n3C)cc1. The number of imidazole rings is 1. The van der Waals surface area contributed by atoms with Crippen molar-refractivity contribution in [3.63, 3.8) is 0 Å². The van der Waals surface area contributed by atoms with E-state index in [2.05, 4.69) is 4.98 Å². The quantitative estimate of drug-likeness (QED) is 0.629. The Hall–Kier alpha value is -3.36. The summed E-state index contributed by atoms with van der Waals surface area (Å²) in [6, 6.07) is 7.88. The number of ether oxygens (including phenoxy) is 1. The van der Waals surface area contributed by atoms with Crippen LogP contribution in [0.4, 0.5) is 0 Å². The minimum absolute atomic E-state index is 0.0387. The van der Waals surface area contributed by atoms with Crippen molar-refractivity contribution in [3.05, 3.63) is 57.0 Å². The average Bonchev–Trinajstić information content (AvgIpc) is 3.42. The summed E-state index contributed by atoms with van der Waals surface area (Å²) in [4.78, 5) is 43.7. The molecule has 9 heteroatoms. The van der Waals surface area contributed by atoms with Gasteiger partial charge in [0.2, 0.25) is 5.91 Å². The maximum atomic E-state index is 13.0. The monoisotopic (exact) mass is 411 g/mol. The summed E-state index contributed by atoms with van der Waals surface area (Å²) in [6.45, 7) is 1.05. The third-order valence-electron chi connectivity index (χ3n) is 5.86. The van der Waals surface area contributed by atoms with E-state index in [4.69, 9.17) is 4.74 Å². The van der Waals surface area contributed by atoms with Crippen LogP contribution in [-0.4, -0.2) is 43.1 Å². The molecular weight excluding hydrogens is 386 g/mol. The van der Waals surface area contributed by atoms with Gasteiger partial charge in [-0.05, 0) is 30.5 Å². The Bertz CT molecular complexity index is 1210. The van der Waals surface area contributed by atoms with Gasteiger partial charge in [-0.25, -0.2) is 9.78 Å². The number of nitrogens with zero attached hydrogens (tertiary/aromatic N) is 5. The van der Waals surface area contributed by atoms with Gasteiger partial charge in [0.25, 0.3) is 5.56 Å². The number of aromatic nitrogens is 4. The topological polar surface area (TPSA) is 91.4 Å². The van der Waals surface area contributed by atoms with Crippen molar-refractivity contribution in [2.75, 3.05) is 13.7 Å². The molecule has 1 saturated heterocycles. The molecule has 1 aliphatic heterocycles. The molecule has 30 heavy (non-hydrogen) atoms. The number of methoxy groups -OCH3 is 1. The first kappa shape index (κ1) is 19.9. The van der Waals surface area contributed by atoms with Crippen LogP contribution in [-0.2, 0) is 25.4 Å². The molecule has 3 aromatic rings. The van der Waals surface area contributed by atoms with E-state index in [1.165, 1.54) is 17.9 Å². The molecule has 9 nitrogen and oxygen atoms in total. The Morgan fingerprint density at radius 1 is 1.17 bits per heavy atom. The van der Waals surface area contributed by atoms with Crippen molar-refractivity contribution in [1.82, 2.24) is 23.6 Å². The number of benzene rings is 1. The normalized spacial score (nSPS) is 16.4. The summed E-state index contributed by atoms with van der Waals surface area (Å²) < 4.78 is 9.28. The lowest BCUT2D eigenvalue weighted by molar-refractivity contribution is -0.132. The lowest BCUT2D eigenvalue weighted by Gasteiger charge is -2.25. The number of hydrogen-bond donors (Lipinski definition) is 0. The van der Waals surface area contributed by atoms with Crippen LogP contribution in [0, 0.1) is 0 Å². The predicted molar refractivity (Wildman–Crippen MR) is 112 cm³/mol. The van der Waals surface area contributed by atoms with Gasteiger partial charge in [0.05, 0.1) is 19.5 Å². The highest BCUT2D eigenvalue weighted by molar-refractivity contribution is 5.77. The van der Waals surface area contributed by atoms with Gasteiger partial charge < -0.3 is 14.2 Å². The second-order valence-electron chi connectivity index (χ2n) is 7.58. The highest BCUT2D eigenvalue weighted by Gasteiger charge is 2.29. The second-order valence-corrected chi connectivity index (χ2v) is 7.58. The molecule has 0 unspecified atom stereocenters. The van der Waals surface area contributed by atoms with Crippen LogP contribution in [0.5, 0.6) is 5.75 Å². The zero-order chi connectivity index (χ0) is 21.4. The highest BCUT2D eigenvalue weighted by Crippen LogP contribution is 2.33. The Labute approximate surface area is 173 Å². The molecule has 4 rings (SSSR count). The Morgan fingerprint density at radius 2 is 1.90 bits per heavy atom. The van der Waals surface area contributed by atoms with E-state index in [0.717, 1.165) is 35.3 Å². The van der Waals surface area contributed by atoms with E-state index in [-0.39, 0.29) is 18.4 Å². The maximum Gasteiger partial charge on any atom is 0.332 e. The molecule has 0 saturated carbocycles. The number of carbonyl (C=O) groups is 1. The van der Waals surface area contributed by atoms with E-state index in [0.29, 0.717) is 17.7 Å². The van der Waals surface area contributed by atoms with Gasteiger partial charge in [0, 0.05) is 33.6 Å². The molecule has 0 spiro atoms. The van der Waals surface area contributed by atoms with Crippen LogP contribution in [0.2, 0.25) is 0 Å². The molecule has 0 N–H and O–H groups in total. The number of fused-ring (bicyclic) bond motifs is 1. The number of carbonyl (C=O) groups excluding carboxylic acids is 1. The number of amides is 1. The van der Waals surface area contributed by atoms with Gasteiger partial charge in [-0.1, -0.05) is 12.1 Å². The second kappa shape index (κ2) is 7.81. The van der Waals surface area contributed by atoms with Crippen LogP contribution in [0.15, 0.2) is 40.2 Å². The predicted octanol–water partition coefficient (Wildman–Crippen LogP) is 1.20. The fourth-order valence-electron chi connectivity index (χ4n) is 4.16. The maximum absolute atomic E-state index is 13.0. The summed E-state index contributed by atoms with van der Waals surface area (Å²) in [5.74, 6) is 0.828. The van der Waals surface area contributed by atoms with Crippen LogP contribution in [0.3, 0.4) is 0 Å². The fraction of sp³-hybridized carbons (Fsp3) is 0.429. The lowest BCUT2D eigenvalue weighted by atomic mass is 10.0. The summed E-state index contributed by atoms with van der Waals surface area (Å²) in [5, 5.41) is 0. The van der Waals surface area contributed by atoms with Gasteiger partial charge in [-0.15, -0.1) is 0 Å². The third-order valence-corrected chi connectivity index (χ3v) is 5.86. The fourth-order valence-corrected chi connectivity index (χ4v) is 4.16. The Balaban J connectivity index is 1.53. The van der Waals surface area contributed by atoms with Gasteiger partial charge in [-0.3, -0.25) is 18.7 Å². The lowest BCUT2D eigenvalue weighted by Crippen LogP contribution is -2.37. The zero-order valence-electron chi connectivity index (χ0n) is 17.4. The Kier molecular flexibility index (Phi) is 5.19.